The van der Waals surface area contributed by atoms with Crippen molar-refractivity contribution in [3.8, 4) is 21.3 Å². The van der Waals surface area contributed by atoms with Gasteiger partial charge in [0.05, 0.1) is 23.5 Å². The summed E-state index contributed by atoms with van der Waals surface area (Å²) in [5.74, 6) is -0.534. The first-order valence-corrected chi connectivity index (χ1v) is 8.78. The van der Waals surface area contributed by atoms with E-state index in [9.17, 15) is 9.18 Å². The Morgan fingerprint density at radius 1 is 1.07 bits per heavy atom. The van der Waals surface area contributed by atoms with E-state index in [4.69, 9.17) is 11.6 Å². The van der Waals surface area contributed by atoms with Crippen molar-refractivity contribution >= 4 is 22.9 Å². The molecule has 0 saturated carbocycles. The minimum Gasteiger partial charge on any atom is -0.268 e. The summed E-state index contributed by atoms with van der Waals surface area (Å²) < 4.78 is 14.4. The Labute approximate surface area is 160 Å². The summed E-state index contributed by atoms with van der Waals surface area (Å²) >= 11 is 7.24. The van der Waals surface area contributed by atoms with Crippen LogP contribution in [0.1, 0.15) is 5.69 Å². The van der Waals surface area contributed by atoms with Crippen molar-refractivity contribution in [2.45, 2.75) is 6.54 Å². The van der Waals surface area contributed by atoms with Crippen LogP contribution in [0, 0.1) is 5.82 Å². The molecular formula is C16H9ClFN7OS. The average Bonchev–Trinajstić information content (AvgIpc) is 3.14. The van der Waals surface area contributed by atoms with E-state index >= 15 is 0 Å². The van der Waals surface area contributed by atoms with Gasteiger partial charge < -0.3 is 0 Å². The summed E-state index contributed by atoms with van der Waals surface area (Å²) in [5, 5.41) is 21.5. The molecule has 0 N–H and O–H groups in total. The molecule has 27 heavy (non-hydrogen) atoms. The highest BCUT2D eigenvalue weighted by molar-refractivity contribution is 7.17. The van der Waals surface area contributed by atoms with Crippen molar-refractivity contribution in [3.63, 3.8) is 0 Å². The molecule has 134 valence electrons. The summed E-state index contributed by atoms with van der Waals surface area (Å²) in [6.45, 7) is -0.0126. The maximum Gasteiger partial charge on any atom is 0.267 e. The van der Waals surface area contributed by atoms with Crippen LogP contribution >= 0.6 is 22.9 Å². The van der Waals surface area contributed by atoms with Crippen LogP contribution in [0.4, 0.5) is 4.39 Å². The molecule has 4 heterocycles. The van der Waals surface area contributed by atoms with Gasteiger partial charge >= 0.3 is 0 Å². The second-order valence-corrected chi connectivity index (χ2v) is 6.80. The zero-order chi connectivity index (χ0) is 18.8. The Balaban J connectivity index is 1.66. The van der Waals surface area contributed by atoms with Gasteiger partial charge in [0.15, 0.2) is 5.01 Å². The molecule has 0 fully saturated rings. The molecule has 0 aliphatic heterocycles. The Morgan fingerprint density at radius 2 is 1.93 bits per heavy atom. The molecular weight excluding hydrogens is 393 g/mol. The second kappa shape index (κ2) is 7.25. The van der Waals surface area contributed by atoms with Crippen LogP contribution in [-0.4, -0.2) is 35.2 Å². The standard InChI is InChI=1S/C16H9ClFN7OS/c17-10-3-9(5-19-6-10)15-22-23-16(27-15)13-1-2-14(26)25(24-13)8-12-4-11(18)7-20-21-12/h1-7H,8H2. The minimum atomic E-state index is -0.534. The van der Waals surface area contributed by atoms with Gasteiger partial charge in [0.25, 0.3) is 5.56 Å². The Bertz CT molecular complexity index is 1180. The van der Waals surface area contributed by atoms with E-state index in [1.807, 2.05) is 0 Å². The first kappa shape index (κ1) is 17.3. The molecule has 4 aromatic rings. The lowest BCUT2D eigenvalue weighted by Crippen LogP contribution is -2.23. The summed E-state index contributed by atoms with van der Waals surface area (Å²) in [4.78, 5) is 16.1. The Morgan fingerprint density at radius 3 is 2.74 bits per heavy atom. The summed E-state index contributed by atoms with van der Waals surface area (Å²) in [6.07, 6.45) is 4.15. The topological polar surface area (TPSA) is 99.3 Å². The quantitative estimate of drug-likeness (QED) is 0.517. The van der Waals surface area contributed by atoms with Crippen molar-refractivity contribution in [3.05, 3.63) is 69.7 Å². The van der Waals surface area contributed by atoms with Gasteiger partial charge in [0, 0.05) is 30.1 Å². The summed E-state index contributed by atoms with van der Waals surface area (Å²) in [7, 11) is 0. The van der Waals surface area contributed by atoms with E-state index in [2.05, 4.69) is 30.5 Å². The third-order valence-corrected chi connectivity index (χ3v) is 4.65. The molecule has 0 spiro atoms. The first-order valence-electron chi connectivity index (χ1n) is 7.58. The van der Waals surface area contributed by atoms with Crippen LogP contribution < -0.4 is 5.56 Å². The van der Waals surface area contributed by atoms with Gasteiger partial charge in [-0.25, -0.2) is 9.07 Å². The molecule has 0 bridgehead atoms. The predicted molar refractivity (Wildman–Crippen MR) is 96.7 cm³/mol. The highest BCUT2D eigenvalue weighted by atomic mass is 35.5. The Kier molecular flexibility index (Phi) is 4.65. The van der Waals surface area contributed by atoms with Gasteiger partial charge in [0.2, 0.25) is 0 Å². The molecule has 4 aromatic heterocycles. The fraction of sp³-hybridized carbons (Fsp3) is 0.0625. The maximum atomic E-state index is 13.3. The largest absolute Gasteiger partial charge is 0.268 e. The molecule has 8 nitrogen and oxygen atoms in total. The lowest BCUT2D eigenvalue weighted by molar-refractivity contribution is 0.587. The molecule has 0 atom stereocenters. The number of rotatable bonds is 4. The highest BCUT2D eigenvalue weighted by Crippen LogP contribution is 2.29. The molecule has 0 saturated heterocycles. The fourth-order valence-electron chi connectivity index (χ4n) is 2.26. The SMILES string of the molecule is O=c1ccc(-c2nnc(-c3cncc(Cl)c3)s2)nn1Cc1cc(F)cnn1. The first-order chi connectivity index (χ1) is 13.1. The van der Waals surface area contributed by atoms with Gasteiger partial charge in [-0.15, -0.1) is 10.2 Å². The second-order valence-electron chi connectivity index (χ2n) is 5.38. The number of hydrogen-bond acceptors (Lipinski definition) is 8. The molecule has 0 aromatic carbocycles. The van der Waals surface area contributed by atoms with Gasteiger partial charge in [-0.05, 0) is 12.1 Å². The monoisotopic (exact) mass is 401 g/mol. The molecule has 11 heteroatoms. The van der Waals surface area contributed by atoms with E-state index < -0.39 is 5.82 Å². The zero-order valence-electron chi connectivity index (χ0n) is 13.5. The fourth-order valence-corrected chi connectivity index (χ4v) is 3.23. The predicted octanol–water partition coefficient (Wildman–Crippen LogP) is 2.45. The van der Waals surface area contributed by atoms with Crippen molar-refractivity contribution in [1.82, 2.24) is 35.2 Å². The van der Waals surface area contributed by atoms with E-state index in [1.165, 1.54) is 34.3 Å². The van der Waals surface area contributed by atoms with Crippen molar-refractivity contribution < 1.29 is 4.39 Å². The summed E-state index contributed by atoms with van der Waals surface area (Å²) in [6, 6.07) is 5.84. The maximum absolute atomic E-state index is 13.3. The smallest absolute Gasteiger partial charge is 0.267 e. The van der Waals surface area contributed by atoms with Crippen LogP contribution in [-0.2, 0) is 6.54 Å². The van der Waals surface area contributed by atoms with Gasteiger partial charge in [-0.1, -0.05) is 22.9 Å². The molecule has 0 radical (unpaired) electrons. The van der Waals surface area contributed by atoms with Crippen LogP contribution in [0.15, 0.2) is 47.7 Å². The van der Waals surface area contributed by atoms with E-state index in [0.717, 1.165) is 11.8 Å². The van der Waals surface area contributed by atoms with Gasteiger partial charge in [0.1, 0.15) is 16.5 Å². The summed E-state index contributed by atoms with van der Waals surface area (Å²) in [5.41, 5.74) is 1.12. The molecule has 4 rings (SSSR count). The van der Waals surface area contributed by atoms with Crippen molar-refractivity contribution in [2.75, 3.05) is 0 Å². The van der Waals surface area contributed by atoms with Gasteiger partial charge in [-0.2, -0.15) is 15.3 Å². The van der Waals surface area contributed by atoms with E-state index in [0.29, 0.717) is 20.7 Å². The number of pyridine rings is 1. The Hall–Kier alpha value is -3.11. The van der Waals surface area contributed by atoms with Gasteiger partial charge in [-0.3, -0.25) is 9.78 Å². The number of nitrogens with zero attached hydrogens (tertiary/aromatic N) is 7. The minimum absolute atomic E-state index is 0.0126. The molecule has 0 unspecified atom stereocenters. The van der Waals surface area contributed by atoms with Crippen LogP contribution in [0.2, 0.25) is 5.02 Å². The van der Waals surface area contributed by atoms with Crippen LogP contribution in [0.25, 0.3) is 21.3 Å². The van der Waals surface area contributed by atoms with Crippen molar-refractivity contribution in [2.24, 2.45) is 0 Å². The third-order valence-electron chi connectivity index (χ3n) is 3.45. The van der Waals surface area contributed by atoms with Crippen molar-refractivity contribution in [1.29, 1.82) is 0 Å². The van der Waals surface area contributed by atoms with Crippen LogP contribution in [0.5, 0.6) is 0 Å². The average molecular weight is 402 g/mol. The van der Waals surface area contributed by atoms with Crippen LogP contribution in [0.3, 0.4) is 0 Å². The van der Waals surface area contributed by atoms with E-state index in [1.54, 1.807) is 18.3 Å². The van der Waals surface area contributed by atoms with E-state index in [-0.39, 0.29) is 17.8 Å². The molecule has 0 aliphatic carbocycles. The number of halogens is 2. The highest BCUT2D eigenvalue weighted by Gasteiger charge is 2.12. The molecule has 0 amide bonds. The normalized spacial score (nSPS) is 10.9. The number of aromatic nitrogens is 7. The third kappa shape index (κ3) is 3.86. The lowest BCUT2D eigenvalue weighted by Gasteiger charge is -2.04. The molecule has 0 aliphatic rings. The number of hydrogen-bond donors (Lipinski definition) is 0. The zero-order valence-corrected chi connectivity index (χ0v) is 15.0. The lowest BCUT2D eigenvalue weighted by atomic mass is 10.3.